The molecule has 0 saturated heterocycles. The molecule has 4 saturated carbocycles. The van der Waals surface area contributed by atoms with Crippen molar-refractivity contribution < 1.29 is 17.7 Å². The molecule has 0 aromatic rings. The zero-order chi connectivity index (χ0) is 34.9. The van der Waals surface area contributed by atoms with Gasteiger partial charge in [0.2, 0.25) is 0 Å². The summed E-state index contributed by atoms with van der Waals surface area (Å²) in [5, 5.41) is 0. The van der Waals surface area contributed by atoms with E-state index >= 15 is 0 Å². The second-order valence-corrected chi connectivity index (χ2v) is 39.4. The maximum atomic E-state index is 7.45. The molecule has 11 atom stereocenters. The van der Waals surface area contributed by atoms with Crippen LogP contribution < -0.4 is 0 Å². The summed E-state index contributed by atoms with van der Waals surface area (Å²) in [5.41, 5.74) is 0.505. The lowest BCUT2D eigenvalue weighted by Gasteiger charge is -2.66. The van der Waals surface area contributed by atoms with E-state index in [4.69, 9.17) is 17.7 Å². The molecule has 4 fully saturated rings. The van der Waals surface area contributed by atoms with E-state index in [1.54, 1.807) is 0 Å². The molecule has 4 aliphatic carbocycles. The third kappa shape index (κ3) is 9.13. The van der Waals surface area contributed by atoms with Gasteiger partial charge in [-0.05, 0) is 197 Å². The molecule has 7 unspecified atom stereocenters. The molecule has 0 heterocycles. The predicted molar refractivity (Wildman–Crippen MR) is 208 cm³/mol. The highest BCUT2D eigenvalue weighted by Gasteiger charge is 2.67. The highest BCUT2D eigenvalue weighted by molar-refractivity contribution is 6.70. The Morgan fingerprint density at radius 3 is 1.83 bits per heavy atom. The predicted octanol–water partition coefficient (Wildman–Crippen LogP) is 11.6. The fraction of sp³-hybridized carbons (Fsp3) is 1.00. The Hall–Kier alpha value is 0.708. The normalized spacial score (nSPS) is 39.8. The molecule has 0 aromatic carbocycles. The van der Waals surface area contributed by atoms with Crippen molar-refractivity contribution >= 4 is 33.3 Å². The average molecular weight is 711 g/mol. The lowest BCUT2D eigenvalue weighted by atomic mass is 9.43. The molecular formula is C38H78O4Si4. The Morgan fingerprint density at radius 2 is 1.28 bits per heavy atom. The van der Waals surface area contributed by atoms with E-state index in [1.807, 2.05) is 0 Å². The third-order valence-electron chi connectivity index (χ3n) is 12.7. The fourth-order valence-corrected chi connectivity index (χ4v) is 16.8. The SMILES string of the molecule is CC(CCC(C)(C)O[Si](C)(C)C)C1CCC2C3C(C[C@H](O[Si](C)(C)C)C12C)C1(C)CC[C@@H](O[Si](C)(C)C)C[C@H]1C[C@H]3O[Si](C)(C)C. The molecule has 0 aromatic heterocycles. The molecule has 0 amide bonds. The maximum absolute atomic E-state index is 7.45. The molecular weight excluding hydrogens is 633 g/mol. The first-order valence-corrected chi connectivity index (χ1v) is 33.0. The first-order valence-electron chi connectivity index (χ1n) is 19.4. The zero-order valence-corrected chi connectivity index (χ0v) is 37.7. The second-order valence-electron chi connectivity index (χ2n) is 21.6. The molecule has 0 N–H and O–H groups in total. The van der Waals surface area contributed by atoms with E-state index in [0.717, 1.165) is 6.42 Å². The van der Waals surface area contributed by atoms with Crippen LogP contribution in [0, 0.1) is 46.3 Å². The lowest BCUT2D eigenvalue weighted by molar-refractivity contribution is -0.199. The van der Waals surface area contributed by atoms with Crippen LogP contribution in [0.15, 0.2) is 0 Å². The minimum Gasteiger partial charge on any atom is -0.415 e. The van der Waals surface area contributed by atoms with Crippen LogP contribution in [0.3, 0.4) is 0 Å². The Kier molecular flexibility index (Phi) is 11.5. The van der Waals surface area contributed by atoms with Gasteiger partial charge in [-0.1, -0.05) is 20.8 Å². The van der Waals surface area contributed by atoms with Crippen molar-refractivity contribution in [3.63, 3.8) is 0 Å². The summed E-state index contributed by atoms with van der Waals surface area (Å²) in [5.74, 6) is 4.06. The van der Waals surface area contributed by atoms with Crippen LogP contribution >= 0.6 is 0 Å². The van der Waals surface area contributed by atoms with Gasteiger partial charge in [0.25, 0.3) is 0 Å². The van der Waals surface area contributed by atoms with E-state index in [0.29, 0.717) is 59.2 Å². The van der Waals surface area contributed by atoms with E-state index in [-0.39, 0.29) is 11.0 Å². The van der Waals surface area contributed by atoms with Gasteiger partial charge in [-0.3, -0.25) is 0 Å². The molecule has 0 aliphatic heterocycles. The second kappa shape index (κ2) is 13.4. The minimum absolute atomic E-state index is 0.0508. The van der Waals surface area contributed by atoms with Crippen molar-refractivity contribution in [1.82, 2.24) is 0 Å². The smallest absolute Gasteiger partial charge is 0.184 e. The largest absolute Gasteiger partial charge is 0.415 e. The van der Waals surface area contributed by atoms with Crippen LogP contribution in [-0.2, 0) is 17.7 Å². The Labute approximate surface area is 291 Å². The quantitative estimate of drug-likeness (QED) is 0.189. The van der Waals surface area contributed by atoms with Gasteiger partial charge in [0.15, 0.2) is 33.3 Å². The zero-order valence-electron chi connectivity index (χ0n) is 33.7. The van der Waals surface area contributed by atoms with Crippen LogP contribution in [0.5, 0.6) is 0 Å². The molecule has 8 heteroatoms. The molecule has 4 aliphatic rings. The average Bonchev–Trinajstić information content (AvgIpc) is 3.18. The van der Waals surface area contributed by atoms with Crippen LogP contribution in [0.1, 0.15) is 92.4 Å². The summed E-state index contributed by atoms with van der Waals surface area (Å²) in [6.45, 7) is 41.3. The summed E-state index contributed by atoms with van der Waals surface area (Å²) < 4.78 is 28.3. The highest BCUT2D eigenvalue weighted by atomic mass is 28.4. The topological polar surface area (TPSA) is 36.9 Å². The van der Waals surface area contributed by atoms with Crippen LogP contribution in [0.4, 0.5) is 0 Å². The summed E-state index contributed by atoms with van der Waals surface area (Å²) in [6, 6.07) is 0. The Bertz CT molecular complexity index is 1040. The summed E-state index contributed by atoms with van der Waals surface area (Å²) >= 11 is 0. The third-order valence-corrected chi connectivity index (χ3v) is 17.0. The fourth-order valence-electron chi connectivity index (χ4n) is 11.5. The summed E-state index contributed by atoms with van der Waals surface area (Å²) in [6.07, 6.45) is 12.5. The van der Waals surface area contributed by atoms with Gasteiger partial charge < -0.3 is 17.7 Å². The van der Waals surface area contributed by atoms with Gasteiger partial charge >= 0.3 is 0 Å². The number of hydrogen-bond acceptors (Lipinski definition) is 4. The van der Waals surface area contributed by atoms with Crippen molar-refractivity contribution in [1.29, 1.82) is 0 Å². The van der Waals surface area contributed by atoms with Gasteiger partial charge in [0, 0.05) is 12.2 Å². The van der Waals surface area contributed by atoms with Gasteiger partial charge in [-0.25, -0.2) is 0 Å². The van der Waals surface area contributed by atoms with Crippen LogP contribution in [0.25, 0.3) is 0 Å². The van der Waals surface area contributed by atoms with E-state index < -0.39 is 33.3 Å². The highest BCUT2D eigenvalue weighted by Crippen LogP contribution is 2.69. The maximum Gasteiger partial charge on any atom is 0.184 e. The van der Waals surface area contributed by atoms with E-state index in [2.05, 4.69) is 113 Å². The molecule has 0 bridgehead atoms. The van der Waals surface area contributed by atoms with Gasteiger partial charge in [-0.2, -0.15) is 0 Å². The summed E-state index contributed by atoms with van der Waals surface area (Å²) in [4.78, 5) is 0. The van der Waals surface area contributed by atoms with Gasteiger partial charge in [0.1, 0.15) is 0 Å². The van der Waals surface area contributed by atoms with Crippen molar-refractivity contribution in [2.24, 2.45) is 46.3 Å². The Morgan fingerprint density at radius 1 is 0.696 bits per heavy atom. The molecule has 4 nitrogen and oxygen atoms in total. The van der Waals surface area contributed by atoms with Gasteiger partial charge in [-0.15, -0.1) is 0 Å². The Balaban J connectivity index is 1.69. The lowest BCUT2D eigenvalue weighted by Crippen LogP contribution is -2.64. The monoisotopic (exact) mass is 710 g/mol. The molecule has 0 spiro atoms. The summed E-state index contributed by atoms with van der Waals surface area (Å²) in [7, 11) is -6.67. The molecule has 0 radical (unpaired) electrons. The standard InChI is InChI=1S/C38H78O4Si4/c1-27(20-22-36(2,3)42-46(15,16)17)30-18-19-31-35-32(26-34(38(30,31)5)41-45(12,13)14)37(4)23-21-29(39-43(6,7)8)24-28(37)25-33(35)40-44(9,10)11/h27-35H,18-26H2,1-17H3/t27?,28-,29+,30?,31?,32?,33+,34-,35?,37?,38?/m0/s1. The molecule has 46 heavy (non-hydrogen) atoms. The first-order chi connectivity index (χ1) is 20.6. The number of rotatable bonds is 12. The molecule has 270 valence electrons. The number of fused-ring (bicyclic) bond motifs is 5. The minimum atomic E-state index is -1.76. The van der Waals surface area contributed by atoms with E-state index in [9.17, 15) is 0 Å². The van der Waals surface area contributed by atoms with Gasteiger partial charge in [0.05, 0.1) is 11.7 Å². The molecule has 4 rings (SSSR count). The number of hydrogen-bond donors (Lipinski definition) is 0. The van der Waals surface area contributed by atoms with Crippen LogP contribution in [-0.4, -0.2) is 57.2 Å². The van der Waals surface area contributed by atoms with Crippen molar-refractivity contribution in [3.05, 3.63) is 0 Å². The first kappa shape index (κ1) is 39.5. The van der Waals surface area contributed by atoms with Crippen molar-refractivity contribution in [2.45, 2.75) is 195 Å². The van der Waals surface area contributed by atoms with Crippen molar-refractivity contribution in [2.75, 3.05) is 0 Å². The van der Waals surface area contributed by atoms with Crippen molar-refractivity contribution in [3.8, 4) is 0 Å². The van der Waals surface area contributed by atoms with Crippen LogP contribution in [0.2, 0.25) is 78.6 Å². The van der Waals surface area contributed by atoms with E-state index in [1.165, 1.54) is 51.4 Å².